The van der Waals surface area contributed by atoms with Gasteiger partial charge in [-0.3, -0.25) is 0 Å². The van der Waals surface area contributed by atoms with Crippen molar-refractivity contribution in [2.45, 2.75) is 25.8 Å². The van der Waals surface area contributed by atoms with Gasteiger partial charge < -0.3 is 15.0 Å². The summed E-state index contributed by atoms with van der Waals surface area (Å²) in [5.41, 5.74) is 0. The average Bonchev–Trinajstić information content (AvgIpc) is 2.57. The van der Waals surface area contributed by atoms with Gasteiger partial charge in [-0.2, -0.15) is 0 Å². The summed E-state index contributed by atoms with van der Waals surface area (Å²) in [6.07, 6.45) is 2.76. The third kappa shape index (κ3) is 4.60. The van der Waals surface area contributed by atoms with Crippen LogP contribution in [0.15, 0.2) is 0 Å². The van der Waals surface area contributed by atoms with Crippen molar-refractivity contribution in [3.8, 4) is 0 Å². The zero-order chi connectivity index (χ0) is 9.52. The summed E-state index contributed by atoms with van der Waals surface area (Å²) < 4.78 is 4.99. The summed E-state index contributed by atoms with van der Waals surface area (Å²) in [5.74, 6) is 0. The summed E-state index contributed by atoms with van der Waals surface area (Å²) in [7, 11) is 1.74. The van der Waals surface area contributed by atoms with Crippen LogP contribution in [0, 0.1) is 0 Å². The third-order valence-electron chi connectivity index (χ3n) is 2.53. The van der Waals surface area contributed by atoms with Crippen molar-refractivity contribution in [3.05, 3.63) is 0 Å². The molecule has 1 saturated heterocycles. The Morgan fingerprint density at radius 1 is 1.38 bits per heavy atom. The van der Waals surface area contributed by atoms with Crippen molar-refractivity contribution >= 4 is 0 Å². The highest BCUT2D eigenvalue weighted by Gasteiger charge is 2.13. The Kier molecular flexibility index (Phi) is 5.35. The van der Waals surface area contributed by atoms with Gasteiger partial charge in [-0.25, -0.2) is 0 Å². The van der Waals surface area contributed by atoms with Gasteiger partial charge in [0.1, 0.15) is 0 Å². The van der Waals surface area contributed by atoms with Crippen molar-refractivity contribution < 1.29 is 4.74 Å². The number of likely N-dealkylation sites (tertiary alicyclic amines) is 1. The Balaban J connectivity index is 1.99. The predicted octanol–water partition coefficient (Wildman–Crippen LogP) is 0.707. The molecule has 0 saturated carbocycles. The molecule has 0 bridgehead atoms. The topological polar surface area (TPSA) is 24.5 Å². The molecule has 0 aromatic carbocycles. The molecule has 1 heterocycles. The van der Waals surface area contributed by atoms with Gasteiger partial charge in [0, 0.05) is 26.2 Å². The van der Waals surface area contributed by atoms with E-state index in [-0.39, 0.29) is 0 Å². The van der Waals surface area contributed by atoms with E-state index in [1.165, 1.54) is 32.5 Å². The van der Waals surface area contributed by atoms with Crippen LogP contribution >= 0.6 is 0 Å². The second kappa shape index (κ2) is 6.35. The van der Waals surface area contributed by atoms with Crippen LogP contribution in [0.5, 0.6) is 0 Å². The SMILES string of the molecule is COCCNC(C)CN1CCCC1. The van der Waals surface area contributed by atoms with Crippen LogP contribution in [0.4, 0.5) is 0 Å². The lowest BCUT2D eigenvalue weighted by molar-refractivity contribution is 0.192. The van der Waals surface area contributed by atoms with Gasteiger partial charge >= 0.3 is 0 Å². The number of ether oxygens (including phenoxy) is 1. The van der Waals surface area contributed by atoms with E-state index in [4.69, 9.17) is 4.74 Å². The molecule has 0 aromatic rings. The number of hydrogen-bond acceptors (Lipinski definition) is 3. The van der Waals surface area contributed by atoms with Crippen molar-refractivity contribution in [3.63, 3.8) is 0 Å². The van der Waals surface area contributed by atoms with Crippen LogP contribution < -0.4 is 5.32 Å². The molecule has 3 heteroatoms. The first-order valence-corrected chi connectivity index (χ1v) is 5.27. The standard InChI is InChI=1S/C10H22N2O/c1-10(11-5-8-13-2)9-12-6-3-4-7-12/h10-11H,3-9H2,1-2H3. The van der Waals surface area contributed by atoms with E-state index in [1.54, 1.807) is 7.11 Å². The molecule has 13 heavy (non-hydrogen) atoms. The maximum Gasteiger partial charge on any atom is 0.0587 e. The lowest BCUT2D eigenvalue weighted by Crippen LogP contribution is -2.39. The normalized spacial score (nSPS) is 20.8. The minimum atomic E-state index is 0.591. The van der Waals surface area contributed by atoms with Gasteiger partial charge in [0.2, 0.25) is 0 Å². The van der Waals surface area contributed by atoms with E-state index >= 15 is 0 Å². The van der Waals surface area contributed by atoms with Crippen LogP contribution in [-0.4, -0.2) is 50.8 Å². The molecule has 0 amide bonds. The minimum absolute atomic E-state index is 0.591. The molecule has 1 unspecified atom stereocenters. The molecular formula is C10H22N2O. The molecule has 1 atom stereocenters. The molecule has 1 aliphatic rings. The van der Waals surface area contributed by atoms with Crippen LogP contribution in [0.2, 0.25) is 0 Å². The minimum Gasteiger partial charge on any atom is -0.383 e. The van der Waals surface area contributed by atoms with E-state index in [2.05, 4.69) is 17.1 Å². The highest BCUT2D eigenvalue weighted by atomic mass is 16.5. The molecule has 3 nitrogen and oxygen atoms in total. The maximum atomic E-state index is 4.99. The fourth-order valence-corrected chi connectivity index (χ4v) is 1.82. The number of methoxy groups -OCH3 is 1. The number of rotatable bonds is 6. The van der Waals surface area contributed by atoms with Gasteiger partial charge in [0.25, 0.3) is 0 Å². The summed E-state index contributed by atoms with van der Waals surface area (Å²) in [5, 5.41) is 3.44. The van der Waals surface area contributed by atoms with Crippen LogP contribution in [0.1, 0.15) is 19.8 Å². The molecule has 0 aromatic heterocycles. The van der Waals surface area contributed by atoms with Crippen molar-refractivity contribution in [1.29, 1.82) is 0 Å². The lowest BCUT2D eigenvalue weighted by Gasteiger charge is -2.20. The molecular weight excluding hydrogens is 164 g/mol. The second-order valence-corrected chi connectivity index (χ2v) is 3.86. The molecule has 1 rings (SSSR count). The van der Waals surface area contributed by atoms with Gasteiger partial charge in [0.05, 0.1) is 6.61 Å². The predicted molar refractivity (Wildman–Crippen MR) is 55.0 cm³/mol. The Labute approximate surface area is 81.4 Å². The monoisotopic (exact) mass is 186 g/mol. The molecule has 0 radical (unpaired) electrons. The summed E-state index contributed by atoms with van der Waals surface area (Å²) >= 11 is 0. The molecule has 1 aliphatic heterocycles. The first-order chi connectivity index (χ1) is 6.33. The lowest BCUT2D eigenvalue weighted by atomic mass is 10.3. The van der Waals surface area contributed by atoms with Gasteiger partial charge in [-0.15, -0.1) is 0 Å². The van der Waals surface area contributed by atoms with E-state index in [0.29, 0.717) is 6.04 Å². The van der Waals surface area contributed by atoms with E-state index < -0.39 is 0 Å². The smallest absolute Gasteiger partial charge is 0.0587 e. The van der Waals surface area contributed by atoms with Crippen LogP contribution in [-0.2, 0) is 4.74 Å². The Morgan fingerprint density at radius 2 is 2.08 bits per heavy atom. The van der Waals surface area contributed by atoms with Crippen LogP contribution in [0.25, 0.3) is 0 Å². The zero-order valence-electron chi connectivity index (χ0n) is 8.88. The van der Waals surface area contributed by atoms with Crippen LogP contribution in [0.3, 0.4) is 0 Å². The second-order valence-electron chi connectivity index (χ2n) is 3.86. The Hall–Kier alpha value is -0.120. The Morgan fingerprint density at radius 3 is 2.69 bits per heavy atom. The fraction of sp³-hybridized carbons (Fsp3) is 1.00. The van der Waals surface area contributed by atoms with Crippen molar-refractivity contribution in [2.75, 3.05) is 39.9 Å². The van der Waals surface area contributed by atoms with Crippen molar-refractivity contribution in [2.24, 2.45) is 0 Å². The first kappa shape index (κ1) is 11.0. The fourth-order valence-electron chi connectivity index (χ4n) is 1.82. The van der Waals surface area contributed by atoms with E-state index in [1.807, 2.05) is 0 Å². The van der Waals surface area contributed by atoms with E-state index in [9.17, 15) is 0 Å². The van der Waals surface area contributed by atoms with Gasteiger partial charge in [-0.05, 0) is 32.9 Å². The summed E-state index contributed by atoms with van der Waals surface area (Å²) in [6.45, 7) is 7.78. The summed E-state index contributed by atoms with van der Waals surface area (Å²) in [6, 6.07) is 0.591. The highest BCUT2D eigenvalue weighted by Crippen LogP contribution is 2.07. The molecule has 78 valence electrons. The summed E-state index contributed by atoms with van der Waals surface area (Å²) in [4.78, 5) is 2.53. The molecule has 0 spiro atoms. The quantitative estimate of drug-likeness (QED) is 0.618. The number of nitrogens with zero attached hydrogens (tertiary/aromatic N) is 1. The average molecular weight is 186 g/mol. The third-order valence-corrected chi connectivity index (χ3v) is 2.53. The zero-order valence-corrected chi connectivity index (χ0v) is 8.88. The largest absolute Gasteiger partial charge is 0.383 e. The van der Waals surface area contributed by atoms with Gasteiger partial charge in [0.15, 0.2) is 0 Å². The molecule has 0 aliphatic carbocycles. The van der Waals surface area contributed by atoms with Crippen molar-refractivity contribution in [1.82, 2.24) is 10.2 Å². The number of nitrogens with one attached hydrogen (secondary N) is 1. The number of hydrogen-bond donors (Lipinski definition) is 1. The maximum absolute atomic E-state index is 4.99. The van der Waals surface area contributed by atoms with E-state index in [0.717, 1.165) is 13.2 Å². The highest BCUT2D eigenvalue weighted by molar-refractivity contribution is 4.71. The molecule has 1 fully saturated rings. The van der Waals surface area contributed by atoms with Gasteiger partial charge in [-0.1, -0.05) is 0 Å². The molecule has 1 N–H and O–H groups in total. The Bertz CT molecular complexity index is 124. The first-order valence-electron chi connectivity index (χ1n) is 5.27.